The van der Waals surface area contributed by atoms with Crippen LogP contribution >= 0.6 is 22.6 Å². The Morgan fingerprint density at radius 3 is 2.43 bits per heavy atom. The zero-order valence-corrected chi connectivity index (χ0v) is 15.1. The van der Waals surface area contributed by atoms with Gasteiger partial charge in [-0.15, -0.1) is 0 Å². The Labute approximate surface area is 148 Å². The van der Waals surface area contributed by atoms with Gasteiger partial charge in [-0.3, -0.25) is 10.1 Å². The van der Waals surface area contributed by atoms with Crippen LogP contribution < -0.4 is 4.72 Å². The van der Waals surface area contributed by atoms with Crippen molar-refractivity contribution in [2.45, 2.75) is 17.7 Å². The Balaban J connectivity index is 2.00. The van der Waals surface area contributed by atoms with Crippen molar-refractivity contribution in [1.29, 1.82) is 0 Å². The van der Waals surface area contributed by atoms with Gasteiger partial charge >= 0.3 is 0 Å². The third kappa shape index (κ3) is 4.72. The van der Waals surface area contributed by atoms with Gasteiger partial charge in [0.2, 0.25) is 10.0 Å². The fraction of sp³-hybridized carbons (Fsp3) is 0.200. The minimum absolute atomic E-state index is 0.222. The van der Waals surface area contributed by atoms with Gasteiger partial charge in [-0.05, 0) is 53.1 Å². The molecule has 122 valence electrons. The Morgan fingerprint density at radius 1 is 1.09 bits per heavy atom. The molecule has 0 heterocycles. The number of nitro groups is 1. The number of hydrogen-bond acceptors (Lipinski definition) is 4. The highest BCUT2D eigenvalue weighted by Crippen LogP contribution is 2.22. The third-order valence-electron chi connectivity index (χ3n) is 3.22. The summed E-state index contributed by atoms with van der Waals surface area (Å²) in [7, 11) is -3.89. The normalized spacial score (nSPS) is 11.3. The maximum Gasteiger partial charge on any atom is 0.289 e. The average molecular weight is 446 g/mol. The predicted octanol–water partition coefficient (Wildman–Crippen LogP) is 3.11. The molecule has 0 radical (unpaired) electrons. The molecule has 0 bridgehead atoms. The van der Waals surface area contributed by atoms with E-state index in [-0.39, 0.29) is 11.4 Å². The van der Waals surface area contributed by atoms with Crippen LogP contribution in [0.4, 0.5) is 5.69 Å². The minimum atomic E-state index is -3.89. The fourth-order valence-electron chi connectivity index (χ4n) is 2.10. The molecule has 0 saturated carbocycles. The van der Waals surface area contributed by atoms with Gasteiger partial charge in [0, 0.05) is 16.2 Å². The van der Waals surface area contributed by atoms with Gasteiger partial charge < -0.3 is 0 Å². The van der Waals surface area contributed by atoms with Crippen molar-refractivity contribution in [2.75, 3.05) is 6.54 Å². The molecule has 2 aromatic rings. The molecule has 0 fully saturated rings. The predicted molar refractivity (Wildman–Crippen MR) is 95.8 cm³/mol. The molecule has 23 heavy (non-hydrogen) atoms. The van der Waals surface area contributed by atoms with Gasteiger partial charge in [0.1, 0.15) is 0 Å². The topological polar surface area (TPSA) is 89.3 Å². The van der Waals surface area contributed by atoms with E-state index < -0.39 is 20.6 Å². The first kappa shape index (κ1) is 17.8. The van der Waals surface area contributed by atoms with E-state index in [9.17, 15) is 18.5 Å². The molecule has 0 aliphatic rings. The lowest BCUT2D eigenvalue weighted by atomic mass is 10.1. The highest BCUT2D eigenvalue weighted by Gasteiger charge is 2.24. The first-order valence-corrected chi connectivity index (χ1v) is 9.44. The van der Waals surface area contributed by atoms with Gasteiger partial charge in [0.05, 0.1) is 4.92 Å². The molecule has 0 atom stereocenters. The summed E-state index contributed by atoms with van der Waals surface area (Å²) in [6.45, 7) is 0.222. The maximum atomic E-state index is 12.2. The summed E-state index contributed by atoms with van der Waals surface area (Å²) in [6, 6.07) is 13.2. The van der Waals surface area contributed by atoms with Gasteiger partial charge in [-0.2, -0.15) is 0 Å². The molecule has 2 rings (SSSR count). The number of aryl methyl sites for hydroxylation is 1. The third-order valence-corrected chi connectivity index (χ3v) is 5.79. The van der Waals surface area contributed by atoms with Crippen LogP contribution in [0.25, 0.3) is 0 Å². The summed E-state index contributed by atoms with van der Waals surface area (Å²) in [6.07, 6.45) is 1.35. The van der Waals surface area contributed by atoms with E-state index in [1.54, 1.807) is 0 Å². The Hall–Kier alpha value is -1.52. The van der Waals surface area contributed by atoms with Gasteiger partial charge in [0.25, 0.3) is 5.69 Å². The van der Waals surface area contributed by atoms with Crippen LogP contribution in [0.1, 0.15) is 12.0 Å². The van der Waals surface area contributed by atoms with Crippen molar-refractivity contribution in [1.82, 2.24) is 4.72 Å². The fourth-order valence-corrected chi connectivity index (χ4v) is 4.00. The van der Waals surface area contributed by atoms with E-state index in [2.05, 4.69) is 27.3 Å². The lowest BCUT2D eigenvalue weighted by Crippen LogP contribution is -2.25. The summed E-state index contributed by atoms with van der Waals surface area (Å²) in [4.78, 5) is 9.93. The minimum Gasteiger partial charge on any atom is -0.258 e. The molecule has 0 amide bonds. The molecule has 0 unspecified atom stereocenters. The molecule has 0 aromatic heterocycles. The van der Waals surface area contributed by atoms with E-state index in [0.29, 0.717) is 6.42 Å². The molecular weight excluding hydrogens is 431 g/mol. The highest BCUT2D eigenvalue weighted by molar-refractivity contribution is 14.1. The second-order valence-electron chi connectivity index (χ2n) is 4.82. The van der Waals surface area contributed by atoms with Crippen molar-refractivity contribution in [2.24, 2.45) is 0 Å². The number of nitro benzene ring substituents is 1. The van der Waals surface area contributed by atoms with E-state index in [1.807, 2.05) is 24.3 Å². The van der Waals surface area contributed by atoms with Gasteiger partial charge in [-0.25, -0.2) is 13.1 Å². The molecule has 0 aliphatic carbocycles. The summed E-state index contributed by atoms with van der Waals surface area (Å²) in [5, 5.41) is 10.9. The molecule has 6 nitrogen and oxygen atoms in total. The lowest BCUT2D eigenvalue weighted by Gasteiger charge is -2.08. The number of sulfonamides is 1. The first-order valence-electron chi connectivity index (χ1n) is 6.88. The number of rotatable bonds is 7. The SMILES string of the molecule is O=[N+]([O-])c1ccccc1S(=O)(=O)NCCCc1ccccc1I. The smallest absolute Gasteiger partial charge is 0.258 e. The van der Waals surface area contributed by atoms with E-state index >= 15 is 0 Å². The molecule has 8 heteroatoms. The van der Waals surface area contributed by atoms with Gasteiger partial charge in [-0.1, -0.05) is 30.3 Å². The van der Waals surface area contributed by atoms with Gasteiger partial charge in [0.15, 0.2) is 4.90 Å². The van der Waals surface area contributed by atoms with Crippen LogP contribution in [0.15, 0.2) is 53.4 Å². The van der Waals surface area contributed by atoms with E-state index in [4.69, 9.17) is 0 Å². The average Bonchev–Trinajstić information content (AvgIpc) is 2.53. The molecule has 0 aliphatic heterocycles. The molecule has 0 saturated heterocycles. The standard InChI is InChI=1S/C15H15IN2O4S/c16-13-8-2-1-6-12(13)7-5-11-17-23(21,22)15-10-4-3-9-14(15)18(19)20/h1-4,6,8-10,17H,5,7,11H2. The number of hydrogen-bond donors (Lipinski definition) is 1. The molecular formula is C15H15IN2O4S. The largest absolute Gasteiger partial charge is 0.289 e. The van der Waals surface area contributed by atoms with Crippen LogP contribution in [0.3, 0.4) is 0 Å². The molecule has 2 aromatic carbocycles. The molecule has 0 spiro atoms. The zero-order chi connectivity index (χ0) is 16.9. The lowest BCUT2D eigenvalue weighted by molar-refractivity contribution is -0.387. The van der Waals surface area contributed by atoms with Crippen molar-refractivity contribution < 1.29 is 13.3 Å². The van der Waals surface area contributed by atoms with Crippen LogP contribution in [0, 0.1) is 13.7 Å². The summed E-state index contributed by atoms with van der Waals surface area (Å²) >= 11 is 2.24. The maximum absolute atomic E-state index is 12.2. The Bertz CT molecular complexity index is 809. The number of halogens is 1. The Morgan fingerprint density at radius 2 is 1.74 bits per heavy atom. The molecule has 1 N–H and O–H groups in total. The van der Waals surface area contributed by atoms with E-state index in [0.717, 1.165) is 15.6 Å². The second-order valence-corrected chi connectivity index (χ2v) is 7.72. The van der Waals surface area contributed by atoms with Crippen LogP contribution in [0.2, 0.25) is 0 Å². The van der Waals surface area contributed by atoms with Crippen molar-refractivity contribution in [3.05, 3.63) is 67.8 Å². The second kappa shape index (κ2) is 7.84. The van der Waals surface area contributed by atoms with Crippen LogP contribution in [-0.2, 0) is 16.4 Å². The number of para-hydroxylation sites is 1. The van der Waals surface area contributed by atoms with E-state index in [1.165, 1.54) is 24.3 Å². The highest BCUT2D eigenvalue weighted by atomic mass is 127. The Kier molecular flexibility index (Phi) is 6.08. The van der Waals surface area contributed by atoms with Crippen molar-refractivity contribution in [3.63, 3.8) is 0 Å². The van der Waals surface area contributed by atoms with Crippen LogP contribution in [-0.4, -0.2) is 19.9 Å². The van der Waals surface area contributed by atoms with Crippen molar-refractivity contribution >= 4 is 38.3 Å². The summed E-state index contributed by atoms with van der Waals surface area (Å²) in [5.41, 5.74) is 0.732. The first-order chi connectivity index (χ1) is 10.9. The van der Waals surface area contributed by atoms with Crippen LogP contribution in [0.5, 0.6) is 0 Å². The number of benzene rings is 2. The zero-order valence-electron chi connectivity index (χ0n) is 12.1. The summed E-state index contributed by atoms with van der Waals surface area (Å²) < 4.78 is 28.0. The quantitative estimate of drug-likeness (QED) is 0.306. The number of nitrogens with zero attached hydrogens (tertiary/aromatic N) is 1. The number of nitrogens with one attached hydrogen (secondary N) is 1. The monoisotopic (exact) mass is 446 g/mol. The summed E-state index contributed by atoms with van der Waals surface area (Å²) in [5.74, 6) is 0. The van der Waals surface area contributed by atoms with Crippen molar-refractivity contribution in [3.8, 4) is 0 Å².